The van der Waals surface area contributed by atoms with E-state index >= 15 is 0 Å². The second-order valence-electron chi connectivity index (χ2n) is 4.77. The number of carbonyl (C=O) groups excluding carboxylic acids is 2. The lowest BCUT2D eigenvalue weighted by molar-refractivity contribution is -0.144. The minimum absolute atomic E-state index is 0.108. The molecular formula is C12H18O3. The number of cyclic esters (lactones) is 1. The molecule has 0 radical (unpaired) electrons. The fourth-order valence-corrected chi connectivity index (χ4v) is 2.84. The number of rotatable bonds is 2. The van der Waals surface area contributed by atoms with E-state index in [9.17, 15) is 9.59 Å². The molecule has 84 valence electrons. The van der Waals surface area contributed by atoms with E-state index in [1.54, 1.807) is 6.92 Å². The van der Waals surface area contributed by atoms with Gasteiger partial charge in [0.05, 0.1) is 12.3 Å². The van der Waals surface area contributed by atoms with Gasteiger partial charge in [-0.2, -0.15) is 0 Å². The van der Waals surface area contributed by atoms with Crippen LogP contribution in [0.25, 0.3) is 0 Å². The second-order valence-corrected chi connectivity index (χ2v) is 4.77. The van der Waals surface area contributed by atoms with Crippen molar-refractivity contribution in [3.63, 3.8) is 0 Å². The zero-order valence-corrected chi connectivity index (χ0v) is 9.20. The van der Waals surface area contributed by atoms with Crippen molar-refractivity contribution in [3.05, 3.63) is 0 Å². The first-order chi connectivity index (χ1) is 7.18. The highest BCUT2D eigenvalue weighted by molar-refractivity contribution is 5.86. The van der Waals surface area contributed by atoms with Crippen LogP contribution in [0.5, 0.6) is 0 Å². The summed E-state index contributed by atoms with van der Waals surface area (Å²) >= 11 is 0. The Morgan fingerprint density at radius 1 is 1.27 bits per heavy atom. The molecule has 1 aliphatic carbocycles. The summed E-state index contributed by atoms with van der Waals surface area (Å²) in [5.41, 5.74) is 0. The van der Waals surface area contributed by atoms with Crippen molar-refractivity contribution in [1.29, 1.82) is 0 Å². The zero-order chi connectivity index (χ0) is 10.8. The van der Waals surface area contributed by atoms with Crippen molar-refractivity contribution in [3.8, 4) is 0 Å². The Bertz CT molecular complexity index is 266. The molecule has 0 aromatic carbocycles. The van der Waals surface area contributed by atoms with Gasteiger partial charge in [0.2, 0.25) is 0 Å². The van der Waals surface area contributed by atoms with Gasteiger partial charge in [-0.25, -0.2) is 0 Å². The summed E-state index contributed by atoms with van der Waals surface area (Å²) in [6, 6.07) is 0. The van der Waals surface area contributed by atoms with Gasteiger partial charge in [0.25, 0.3) is 0 Å². The molecule has 1 aliphatic heterocycles. The molecule has 0 unspecified atom stereocenters. The van der Waals surface area contributed by atoms with Gasteiger partial charge in [-0.1, -0.05) is 19.3 Å². The Labute approximate surface area is 90.2 Å². The molecule has 1 saturated carbocycles. The normalized spacial score (nSPS) is 32.7. The van der Waals surface area contributed by atoms with Crippen molar-refractivity contribution in [1.82, 2.24) is 0 Å². The minimum atomic E-state index is -0.189. The summed E-state index contributed by atoms with van der Waals surface area (Å²) in [4.78, 5) is 22.6. The van der Waals surface area contributed by atoms with E-state index in [4.69, 9.17) is 4.74 Å². The Morgan fingerprint density at radius 2 is 1.93 bits per heavy atom. The van der Waals surface area contributed by atoms with E-state index in [1.807, 2.05) is 0 Å². The number of hydrogen-bond acceptors (Lipinski definition) is 3. The van der Waals surface area contributed by atoms with Gasteiger partial charge < -0.3 is 4.74 Å². The van der Waals surface area contributed by atoms with Crippen LogP contribution in [0.2, 0.25) is 0 Å². The Hall–Kier alpha value is -0.860. The number of ether oxygens (including phenoxy) is 1. The lowest BCUT2D eigenvalue weighted by atomic mass is 9.79. The molecule has 1 saturated heterocycles. The van der Waals surface area contributed by atoms with Crippen LogP contribution in [0, 0.1) is 11.8 Å². The minimum Gasteiger partial charge on any atom is -0.461 e. The van der Waals surface area contributed by atoms with E-state index in [0.29, 0.717) is 12.3 Å². The summed E-state index contributed by atoms with van der Waals surface area (Å²) < 4.78 is 5.31. The van der Waals surface area contributed by atoms with Crippen LogP contribution in [-0.2, 0) is 14.3 Å². The number of carbonyl (C=O) groups is 2. The molecule has 0 aromatic rings. The highest BCUT2D eigenvalue weighted by Gasteiger charge is 2.42. The third-order valence-electron chi connectivity index (χ3n) is 3.69. The SMILES string of the molecule is CC(=O)[C@H]1CC(=O)O[C@@H]1C1CCCCC1. The first-order valence-electron chi connectivity index (χ1n) is 5.88. The lowest BCUT2D eigenvalue weighted by Crippen LogP contribution is -2.31. The lowest BCUT2D eigenvalue weighted by Gasteiger charge is -2.28. The van der Waals surface area contributed by atoms with Gasteiger partial charge in [0.1, 0.15) is 11.9 Å². The molecule has 0 N–H and O–H groups in total. The Balaban J connectivity index is 2.05. The van der Waals surface area contributed by atoms with E-state index < -0.39 is 0 Å². The van der Waals surface area contributed by atoms with Crippen molar-refractivity contribution < 1.29 is 14.3 Å². The van der Waals surface area contributed by atoms with E-state index in [-0.39, 0.29) is 23.8 Å². The average molecular weight is 210 g/mol. The van der Waals surface area contributed by atoms with Crippen LogP contribution in [0.3, 0.4) is 0 Å². The van der Waals surface area contributed by atoms with Crippen molar-refractivity contribution in [2.24, 2.45) is 11.8 Å². The molecule has 0 amide bonds. The second kappa shape index (κ2) is 4.33. The largest absolute Gasteiger partial charge is 0.461 e. The molecule has 2 atom stereocenters. The predicted molar refractivity (Wildman–Crippen MR) is 55.2 cm³/mol. The average Bonchev–Trinajstić information content (AvgIpc) is 2.62. The van der Waals surface area contributed by atoms with Gasteiger partial charge in [-0.05, 0) is 25.7 Å². The summed E-state index contributed by atoms with van der Waals surface area (Å²) in [6.07, 6.45) is 6.12. The first-order valence-corrected chi connectivity index (χ1v) is 5.88. The summed E-state index contributed by atoms with van der Waals surface area (Å²) in [5.74, 6) is 0.182. The Kier molecular flexibility index (Phi) is 3.08. The summed E-state index contributed by atoms with van der Waals surface area (Å²) in [7, 11) is 0. The first kappa shape index (κ1) is 10.7. The smallest absolute Gasteiger partial charge is 0.306 e. The van der Waals surface area contributed by atoms with Crippen LogP contribution in [0.1, 0.15) is 45.4 Å². The molecule has 0 spiro atoms. The maximum atomic E-state index is 11.4. The predicted octanol–water partition coefficient (Wildman–Crippen LogP) is 2.09. The van der Waals surface area contributed by atoms with Gasteiger partial charge in [0, 0.05) is 0 Å². The number of Topliss-reactive ketones (excluding diaryl/α,β-unsaturated/α-hetero) is 1. The topological polar surface area (TPSA) is 43.4 Å². The van der Waals surface area contributed by atoms with Crippen molar-refractivity contribution in [2.75, 3.05) is 0 Å². The quantitative estimate of drug-likeness (QED) is 0.655. The maximum absolute atomic E-state index is 11.4. The maximum Gasteiger partial charge on any atom is 0.306 e. The van der Waals surface area contributed by atoms with E-state index in [0.717, 1.165) is 12.8 Å². The van der Waals surface area contributed by atoms with Crippen molar-refractivity contribution in [2.45, 2.75) is 51.6 Å². The van der Waals surface area contributed by atoms with Gasteiger partial charge >= 0.3 is 5.97 Å². The third kappa shape index (κ3) is 2.21. The standard InChI is InChI=1S/C12H18O3/c1-8(13)10-7-11(14)15-12(10)9-5-3-2-4-6-9/h9-10,12H,2-7H2,1H3/t10-,12-/m1/s1. The van der Waals surface area contributed by atoms with Crippen LogP contribution < -0.4 is 0 Å². The molecule has 2 aliphatic rings. The van der Waals surface area contributed by atoms with E-state index in [1.165, 1.54) is 19.3 Å². The number of ketones is 1. The van der Waals surface area contributed by atoms with Crippen molar-refractivity contribution >= 4 is 11.8 Å². The van der Waals surface area contributed by atoms with Crippen LogP contribution in [-0.4, -0.2) is 17.9 Å². The zero-order valence-electron chi connectivity index (χ0n) is 9.20. The molecule has 15 heavy (non-hydrogen) atoms. The molecule has 2 rings (SSSR count). The Morgan fingerprint density at radius 3 is 2.53 bits per heavy atom. The molecule has 0 aromatic heterocycles. The highest BCUT2D eigenvalue weighted by atomic mass is 16.6. The summed E-state index contributed by atoms with van der Waals surface area (Å²) in [5, 5.41) is 0. The van der Waals surface area contributed by atoms with Crippen LogP contribution in [0.4, 0.5) is 0 Å². The fraction of sp³-hybridized carbons (Fsp3) is 0.833. The molecule has 2 fully saturated rings. The van der Waals surface area contributed by atoms with E-state index in [2.05, 4.69) is 0 Å². The molecule has 3 nitrogen and oxygen atoms in total. The highest BCUT2D eigenvalue weighted by Crippen LogP contribution is 2.36. The van der Waals surface area contributed by atoms with Gasteiger partial charge in [-0.15, -0.1) is 0 Å². The van der Waals surface area contributed by atoms with Gasteiger partial charge in [0.15, 0.2) is 0 Å². The van der Waals surface area contributed by atoms with Crippen LogP contribution >= 0.6 is 0 Å². The number of hydrogen-bond donors (Lipinski definition) is 0. The molecule has 3 heteroatoms. The monoisotopic (exact) mass is 210 g/mol. The van der Waals surface area contributed by atoms with Crippen LogP contribution in [0.15, 0.2) is 0 Å². The third-order valence-corrected chi connectivity index (χ3v) is 3.69. The molecular weight excluding hydrogens is 192 g/mol. The number of esters is 1. The summed E-state index contributed by atoms with van der Waals surface area (Å²) in [6.45, 7) is 1.57. The van der Waals surface area contributed by atoms with Gasteiger partial charge in [-0.3, -0.25) is 9.59 Å². The fourth-order valence-electron chi connectivity index (χ4n) is 2.84. The molecule has 1 heterocycles. The molecule has 0 bridgehead atoms.